The molecule has 0 amide bonds. The van der Waals surface area contributed by atoms with E-state index in [9.17, 15) is 0 Å². The lowest BCUT2D eigenvalue weighted by atomic mass is 9.62. The predicted molar refractivity (Wildman–Crippen MR) is 191 cm³/mol. The zero-order valence-corrected chi connectivity index (χ0v) is 27.9. The van der Waals surface area contributed by atoms with Gasteiger partial charge in [-0.15, -0.1) is 0 Å². The fourth-order valence-electron chi connectivity index (χ4n) is 10.3. The molecule has 7 aliphatic carbocycles. The summed E-state index contributed by atoms with van der Waals surface area (Å²) in [6.07, 6.45) is 49.3. The highest BCUT2D eigenvalue weighted by molar-refractivity contribution is 5.57. The van der Waals surface area contributed by atoms with Crippen molar-refractivity contribution in [3.05, 3.63) is 106 Å². The highest BCUT2D eigenvalue weighted by Crippen LogP contribution is 2.51. The molecular weight excluding hydrogens is 544 g/mol. The molecule has 3 N–H and O–H groups in total. The van der Waals surface area contributed by atoms with Crippen molar-refractivity contribution in [2.75, 3.05) is 6.54 Å². The van der Waals surface area contributed by atoms with Gasteiger partial charge in [0, 0.05) is 30.1 Å². The Morgan fingerprint density at radius 2 is 1.82 bits per heavy atom. The molecule has 8 atom stereocenters. The Morgan fingerprint density at radius 3 is 2.69 bits per heavy atom. The first kappa shape index (κ1) is 31.0. The monoisotopic (exact) mass is 602 g/mol. The fraction of sp³-hybridized carbons (Fsp3) is 0.581. The normalized spacial score (nSPS) is 36.6. The van der Waals surface area contributed by atoms with E-state index >= 15 is 0 Å². The molecule has 0 bridgehead atoms. The van der Waals surface area contributed by atoms with Gasteiger partial charge in [0.2, 0.25) is 0 Å². The molecule has 0 aromatic heterocycles. The van der Waals surface area contributed by atoms with Crippen molar-refractivity contribution in [1.82, 2.24) is 5.32 Å². The molecule has 1 saturated carbocycles. The molecule has 0 radical (unpaired) electrons. The summed E-state index contributed by atoms with van der Waals surface area (Å²) in [5, 5.41) is 4.15. The Hall–Kier alpha value is -2.58. The van der Waals surface area contributed by atoms with Crippen LogP contribution in [0.1, 0.15) is 103 Å². The van der Waals surface area contributed by atoms with Crippen LogP contribution in [-0.4, -0.2) is 12.6 Å². The van der Waals surface area contributed by atoms with Gasteiger partial charge in [-0.25, -0.2) is 0 Å². The van der Waals surface area contributed by atoms with E-state index in [0.29, 0.717) is 30.3 Å². The Bertz CT molecular complexity index is 1360. The maximum absolute atomic E-state index is 6.32. The Morgan fingerprint density at radius 1 is 0.889 bits per heavy atom. The largest absolute Gasteiger partial charge is 0.379 e. The molecule has 0 spiro atoms. The number of allylic oxidation sites excluding steroid dienone is 14. The second-order valence-electron chi connectivity index (χ2n) is 15.1. The SMILES string of the molecule is CC/C=C(\CN)C1C=C(NC2C=C[C@H]3CCCCC3C2)C(C2=C3C=CC=CC3C(C3=CCCCC3C3CC=CCC3)CC2)=CC1. The van der Waals surface area contributed by atoms with Gasteiger partial charge in [0.15, 0.2) is 0 Å². The van der Waals surface area contributed by atoms with Crippen LogP contribution in [0.2, 0.25) is 0 Å². The van der Waals surface area contributed by atoms with Gasteiger partial charge >= 0.3 is 0 Å². The van der Waals surface area contributed by atoms with Crippen molar-refractivity contribution in [2.45, 2.75) is 109 Å². The molecule has 7 rings (SSSR count). The van der Waals surface area contributed by atoms with Gasteiger partial charge in [-0.3, -0.25) is 0 Å². The predicted octanol–water partition coefficient (Wildman–Crippen LogP) is 10.4. The summed E-state index contributed by atoms with van der Waals surface area (Å²) in [7, 11) is 0. The maximum Gasteiger partial charge on any atom is 0.0447 e. The number of hydrogen-bond acceptors (Lipinski definition) is 2. The van der Waals surface area contributed by atoms with Gasteiger partial charge in [0.1, 0.15) is 0 Å². The summed E-state index contributed by atoms with van der Waals surface area (Å²) in [6, 6.07) is 0.423. The molecule has 7 unspecified atom stereocenters. The molecule has 240 valence electrons. The quantitative estimate of drug-likeness (QED) is 0.271. The van der Waals surface area contributed by atoms with E-state index in [0.717, 1.165) is 36.5 Å². The molecule has 0 aromatic carbocycles. The minimum absolute atomic E-state index is 0.397. The van der Waals surface area contributed by atoms with E-state index in [1.165, 1.54) is 100 Å². The van der Waals surface area contributed by atoms with E-state index in [-0.39, 0.29) is 0 Å². The Balaban J connectivity index is 1.19. The number of nitrogens with two attached hydrogens (primary N) is 1. The van der Waals surface area contributed by atoms with Crippen LogP contribution in [0, 0.1) is 41.4 Å². The van der Waals surface area contributed by atoms with Crippen LogP contribution in [-0.2, 0) is 0 Å². The van der Waals surface area contributed by atoms with Crippen LogP contribution < -0.4 is 11.1 Å². The van der Waals surface area contributed by atoms with E-state index in [4.69, 9.17) is 5.73 Å². The summed E-state index contributed by atoms with van der Waals surface area (Å²) in [4.78, 5) is 0. The summed E-state index contributed by atoms with van der Waals surface area (Å²) in [6.45, 7) is 2.89. The van der Waals surface area contributed by atoms with Gasteiger partial charge < -0.3 is 11.1 Å². The first-order valence-corrected chi connectivity index (χ1v) is 18.9. The second kappa shape index (κ2) is 14.5. The third-order valence-corrected chi connectivity index (χ3v) is 12.6. The summed E-state index contributed by atoms with van der Waals surface area (Å²) in [5.41, 5.74) is 15.6. The van der Waals surface area contributed by atoms with Gasteiger partial charge in [-0.1, -0.05) is 104 Å². The smallest absolute Gasteiger partial charge is 0.0447 e. The first-order valence-electron chi connectivity index (χ1n) is 18.9. The minimum Gasteiger partial charge on any atom is -0.379 e. The third-order valence-electron chi connectivity index (χ3n) is 12.6. The zero-order valence-electron chi connectivity index (χ0n) is 27.9. The molecular formula is C43H58N2. The van der Waals surface area contributed by atoms with Crippen LogP contribution >= 0.6 is 0 Å². The standard InChI is InChI=1S/C43H58N2/c1-2-12-34(29-44)33-22-24-42(43(28-33)45-35-23-21-30-13-6-7-16-32(30)27-35)41-26-25-40(38-19-10-11-20-39(38)41)37-18-9-8-17-36(37)31-14-4-3-5-15-31/h3-4,10-12,18-21,23-24,28,30-33,35-36,38,40,45H,2,5-9,13-17,22,25-27,29,44H2,1H3/b34-12+/t30-,31?,32?,33?,35?,36?,38?,40?/m1/s1. The lowest BCUT2D eigenvalue weighted by molar-refractivity contribution is 0.242. The highest BCUT2D eigenvalue weighted by Gasteiger charge is 2.39. The van der Waals surface area contributed by atoms with Crippen molar-refractivity contribution in [3.63, 3.8) is 0 Å². The minimum atomic E-state index is 0.397. The van der Waals surface area contributed by atoms with E-state index in [2.05, 4.69) is 85.2 Å². The van der Waals surface area contributed by atoms with E-state index in [1.54, 1.807) is 11.1 Å². The van der Waals surface area contributed by atoms with E-state index in [1.807, 2.05) is 5.57 Å². The van der Waals surface area contributed by atoms with Crippen molar-refractivity contribution in [1.29, 1.82) is 0 Å². The maximum atomic E-state index is 6.32. The van der Waals surface area contributed by atoms with Crippen LogP contribution in [0.5, 0.6) is 0 Å². The van der Waals surface area contributed by atoms with Crippen LogP contribution in [0.15, 0.2) is 106 Å². The van der Waals surface area contributed by atoms with Gasteiger partial charge in [-0.05, 0) is 130 Å². The van der Waals surface area contributed by atoms with Gasteiger partial charge in [0.25, 0.3) is 0 Å². The van der Waals surface area contributed by atoms with Crippen molar-refractivity contribution in [2.24, 2.45) is 47.2 Å². The molecule has 0 heterocycles. The fourth-order valence-corrected chi connectivity index (χ4v) is 10.3. The number of nitrogens with one attached hydrogen (secondary N) is 1. The summed E-state index contributed by atoms with van der Waals surface area (Å²) >= 11 is 0. The summed E-state index contributed by atoms with van der Waals surface area (Å²) < 4.78 is 0. The van der Waals surface area contributed by atoms with Crippen LogP contribution in [0.25, 0.3) is 0 Å². The number of rotatable bonds is 8. The molecule has 2 nitrogen and oxygen atoms in total. The first-order chi connectivity index (χ1) is 22.2. The molecule has 45 heavy (non-hydrogen) atoms. The highest BCUT2D eigenvalue weighted by atomic mass is 14.9. The van der Waals surface area contributed by atoms with Gasteiger partial charge in [0.05, 0.1) is 0 Å². The van der Waals surface area contributed by atoms with Crippen molar-refractivity contribution < 1.29 is 0 Å². The van der Waals surface area contributed by atoms with Crippen LogP contribution in [0.3, 0.4) is 0 Å². The topological polar surface area (TPSA) is 38.0 Å². The molecule has 0 aliphatic heterocycles. The molecule has 0 aromatic rings. The average Bonchev–Trinajstić information content (AvgIpc) is 3.10. The number of fused-ring (bicyclic) bond motifs is 2. The lowest BCUT2D eigenvalue weighted by Crippen LogP contribution is -2.37. The second-order valence-corrected chi connectivity index (χ2v) is 15.1. The van der Waals surface area contributed by atoms with Crippen molar-refractivity contribution >= 4 is 0 Å². The molecule has 0 saturated heterocycles. The van der Waals surface area contributed by atoms with E-state index < -0.39 is 0 Å². The van der Waals surface area contributed by atoms with Crippen LogP contribution in [0.4, 0.5) is 0 Å². The number of hydrogen-bond donors (Lipinski definition) is 2. The third kappa shape index (κ3) is 6.64. The zero-order chi connectivity index (χ0) is 30.6. The van der Waals surface area contributed by atoms with Crippen molar-refractivity contribution in [3.8, 4) is 0 Å². The Kier molecular flexibility index (Phi) is 9.97. The molecule has 7 aliphatic rings. The molecule has 2 heteroatoms. The average molecular weight is 603 g/mol. The Labute approximate surface area is 274 Å². The lowest BCUT2D eigenvalue weighted by Gasteiger charge is -2.43. The summed E-state index contributed by atoms with van der Waals surface area (Å²) in [5.74, 6) is 4.83. The van der Waals surface area contributed by atoms with Gasteiger partial charge in [-0.2, -0.15) is 0 Å². The molecule has 1 fully saturated rings.